The minimum Gasteiger partial charge on any atom is -0.309 e. The summed E-state index contributed by atoms with van der Waals surface area (Å²) in [6.45, 7) is 15.0. The molecule has 0 N–H and O–H groups in total. The number of hydrogen-bond donors (Lipinski definition) is 0. The predicted molar refractivity (Wildman–Crippen MR) is 239 cm³/mol. The minimum absolute atomic E-state index is 0.382. The van der Waals surface area contributed by atoms with Gasteiger partial charge in [0, 0.05) is 33.2 Å². The lowest BCUT2D eigenvalue weighted by Crippen LogP contribution is -2.26. The molecule has 0 saturated heterocycles. The van der Waals surface area contributed by atoms with E-state index in [-0.39, 0.29) is 11.6 Å². The SMILES string of the molecule is [C-]#[N+]c1ccc(-c2nc(-c3ccc([N+]#[C-])cc3)nc(-c3ccc4c(c3)C3(c5ccccc5-4)c4ccccc4-c4ccc(-n5c6ccc(F)cc6c6cc(F)ccc65)cc43)n2)cc1. The van der Waals surface area contributed by atoms with Crippen LogP contribution in [0.2, 0.25) is 0 Å². The van der Waals surface area contributed by atoms with E-state index in [9.17, 15) is 8.78 Å². The Balaban J connectivity index is 1.11. The molecule has 288 valence electrons. The number of nitrogens with zero attached hydrogens (tertiary/aromatic N) is 6. The molecule has 8 aromatic carbocycles. The molecule has 2 heterocycles. The molecule has 0 saturated carbocycles. The fourth-order valence-electron chi connectivity index (χ4n) is 9.78. The summed E-state index contributed by atoms with van der Waals surface area (Å²) in [5, 5.41) is 1.28. The Morgan fingerprint density at radius 2 is 0.855 bits per heavy atom. The lowest BCUT2D eigenvalue weighted by Gasteiger charge is -2.31. The summed E-state index contributed by atoms with van der Waals surface area (Å²) in [5.41, 5.74) is 13.9. The van der Waals surface area contributed by atoms with Crippen LogP contribution in [0.25, 0.3) is 93.6 Å². The van der Waals surface area contributed by atoms with Crippen molar-refractivity contribution in [3.05, 3.63) is 227 Å². The third-order valence-corrected chi connectivity index (χ3v) is 12.4. The average Bonchev–Trinajstić information content (AvgIpc) is 3.92. The number of hydrogen-bond acceptors (Lipinski definition) is 3. The third-order valence-electron chi connectivity index (χ3n) is 12.4. The number of halogens is 2. The lowest BCUT2D eigenvalue weighted by molar-refractivity contribution is 0.628. The van der Waals surface area contributed by atoms with E-state index in [0.717, 1.165) is 77.9 Å². The van der Waals surface area contributed by atoms with Crippen molar-refractivity contribution in [2.75, 3.05) is 0 Å². The molecule has 1 unspecified atom stereocenters. The van der Waals surface area contributed by atoms with Crippen molar-refractivity contribution in [3.63, 3.8) is 0 Å². The molecule has 0 amide bonds. The summed E-state index contributed by atoms with van der Waals surface area (Å²) in [6.07, 6.45) is 0. The van der Waals surface area contributed by atoms with Crippen LogP contribution in [-0.4, -0.2) is 19.5 Å². The monoisotopic (exact) mass is 798 g/mol. The van der Waals surface area contributed by atoms with Gasteiger partial charge in [-0.05, 0) is 99.1 Å². The molecule has 8 heteroatoms. The van der Waals surface area contributed by atoms with Gasteiger partial charge in [0.2, 0.25) is 0 Å². The fraction of sp³-hybridized carbons (Fsp3) is 0.0185. The van der Waals surface area contributed by atoms with Gasteiger partial charge in [0.25, 0.3) is 0 Å². The number of benzene rings is 8. The lowest BCUT2D eigenvalue weighted by atomic mass is 9.70. The van der Waals surface area contributed by atoms with Gasteiger partial charge in [0.1, 0.15) is 11.6 Å². The second kappa shape index (κ2) is 13.2. The van der Waals surface area contributed by atoms with Gasteiger partial charge in [0.05, 0.1) is 29.6 Å². The standard InChI is InChI=1S/C54H28F2N6/c1-57-36-18-11-31(12-19-36)51-59-52(32-13-20-37(58-2)21-14-32)61-53(60-51)33-15-23-41-39-7-3-5-9-45(39)54(47(41)27-33)46-10-6-4-8-40(46)42-24-22-38(30-48(42)54)62-49-25-16-34(55)28-43(49)44-29-35(56)17-26-50(44)62/h3-30H. The average molecular weight is 799 g/mol. The van der Waals surface area contributed by atoms with E-state index in [1.165, 1.54) is 24.3 Å². The zero-order valence-corrected chi connectivity index (χ0v) is 32.6. The van der Waals surface area contributed by atoms with E-state index in [4.69, 9.17) is 28.1 Å². The van der Waals surface area contributed by atoms with E-state index >= 15 is 0 Å². The first kappa shape index (κ1) is 35.4. The van der Waals surface area contributed by atoms with Crippen molar-refractivity contribution in [3.8, 4) is 62.1 Å². The normalized spacial score (nSPS) is 14.3. The van der Waals surface area contributed by atoms with Gasteiger partial charge in [-0.25, -0.2) is 33.4 Å². The quantitative estimate of drug-likeness (QED) is 0.167. The molecule has 0 bridgehead atoms. The minimum atomic E-state index is -0.745. The van der Waals surface area contributed by atoms with E-state index in [1.54, 1.807) is 36.4 Å². The first-order valence-corrected chi connectivity index (χ1v) is 20.0. The summed E-state index contributed by atoms with van der Waals surface area (Å²) in [5.74, 6) is 0.635. The number of fused-ring (bicyclic) bond motifs is 13. The molecule has 0 aliphatic heterocycles. The number of rotatable bonds is 4. The highest BCUT2D eigenvalue weighted by atomic mass is 19.1. The van der Waals surface area contributed by atoms with Crippen molar-refractivity contribution in [2.24, 2.45) is 0 Å². The molecule has 2 aromatic heterocycles. The Bertz CT molecular complexity index is 3490. The second-order valence-corrected chi connectivity index (χ2v) is 15.6. The van der Waals surface area contributed by atoms with Gasteiger partial charge < -0.3 is 4.57 Å². The van der Waals surface area contributed by atoms with Gasteiger partial charge in [-0.15, -0.1) is 0 Å². The van der Waals surface area contributed by atoms with E-state index in [2.05, 4.69) is 99.2 Å². The van der Waals surface area contributed by atoms with Crippen LogP contribution in [-0.2, 0) is 5.41 Å². The van der Waals surface area contributed by atoms with Crippen LogP contribution >= 0.6 is 0 Å². The highest BCUT2D eigenvalue weighted by Gasteiger charge is 2.52. The Labute approximate surface area is 354 Å². The summed E-state index contributed by atoms with van der Waals surface area (Å²) < 4.78 is 31.7. The predicted octanol–water partition coefficient (Wildman–Crippen LogP) is 13.7. The Hall–Kier alpha value is -8.59. The van der Waals surface area contributed by atoms with Crippen molar-refractivity contribution >= 4 is 33.2 Å². The first-order valence-electron chi connectivity index (χ1n) is 20.0. The van der Waals surface area contributed by atoms with Crippen LogP contribution in [0.5, 0.6) is 0 Å². The van der Waals surface area contributed by atoms with Crippen molar-refractivity contribution in [1.29, 1.82) is 0 Å². The largest absolute Gasteiger partial charge is 0.309 e. The molecule has 6 nitrogen and oxygen atoms in total. The molecule has 2 aliphatic carbocycles. The van der Waals surface area contributed by atoms with Gasteiger partial charge in [-0.2, -0.15) is 0 Å². The summed E-state index contributed by atoms with van der Waals surface area (Å²) in [4.78, 5) is 22.2. The summed E-state index contributed by atoms with van der Waals surface area (Å²) in [6, 6.07) is 53.9. The molecule has 12 rings (SSSR count). The maximum atomic E-state index is 14.8. The zero-order valence-electron chi connectivity index (χ0n) is 32.6. The highest BCUT2D eigenvalue weighted by Crippen LogP contribution is 2.63. The summed E-state index contributed by atoms with van der Waals surface area (Å²) >= 11 is 0. The maximum Gasteiger partial charge on any atom is 0.187 e. The van der Waals surface area contributed by atoms with Crippen molar-refractivity contribution in [1.82, 2.24) is 19.5 Å². The second-order valence-electron chi connectivity index (χ2n) is 15.6. The van der Waals surface area contributed by atoms with Gasteiger partial charge in [-0.3, -0.25) is 0 Å². The summed E-state index contributed by atoms with van der Waals surface area (Å²) in [7, 11) is 0. The van der Waals surface area contributed by atoms with Gasteiger partial charge in [0.15, 0.2) is 28.8 Å². The fourth-order valence-corrected chi connectivity index (χ4v) is 9.78. The van der Waals surface area contributed by atoms with Gasteiger partial charge in [-0.1, -0.05) is 115 Å². The molecule has 1 spiro atoms. The molecule has 10 aromatic rings. The van der Waals surface area contributed by atoms with Crippen LogP contribution < -0.4 is 0 Å². The van der Waals surface area contributed by atoms with Gasteiger partial charge >= 0.3 is 0 Å². The Morgan fingerprint density at radius 3 is 1.37 bits per heavy atom. The van der Waals surface area contributed by atoms with Crippen LogP contribution in [0.4, 0.5) is 20.2 Å². The molecule has 0 radical (unpaired) electrons. The Morgan fingerprint density at radius 1 is 0.419 bits per heavy atom. The molecular formula is C54H28F2N6. The van der Waals surface area contributed by atoms with Crippen LogP contribution in [0.15, 0.2) is 170 Å². The van der Waals surface area contributed by atoms with E-state index in [0.29, 0.717) is 39.6 Å². The van der Waals surface area contributed by atoms with E-state index in [1.807, 2.05) is 24.3 Å². The molecule has 0 fully saturated rings. The van der Waals surface area contributed by atoms with Crippen LogP contribution in [0, 0.1) is 24.8 Å². The smallest absolute Gasteiger partial charge is 0.187 e. The first-order chi connectivity index (χ1) is 30.4. The van der Waals surface area contributed by atoms with E-state index < -0.39 is 5.41 Å². The Kier molecular flexibility index (Phi) is 7.53. The molecule has 2 aliphatic rings. The third kappa shape index (κ3) is 5.01. The van der Waals surface area contributed by atoms with Crippen LogP contribution in [0.1, 0.15) is 22.3 Å². The topological polar surface area (TPSA) is 52.3 Å². The zero-order chi connectivity index (χ0) is 41.7. The molecule has 62 heavy (non-hydrogen) atoms. The van der Waals surface area contributed by atoms with Crippen molar-refractivity contribution in [2.45, 2.75) is 5.41 Å². The van der Waals surface area contributed by atoms with Crippen LogP contribution in [0.3, 0.4) is 0 Å². The molecular weight excluding hydrogens is 771 g/mol. The maximum absolute atomic E-state index is 14.8. The van der Waals surface area contributed by atoms with Crippen molar-refractivity contribution < 1.29 is 8.78 Å². The molecule has 1 atom stereocenters. The number of aromatic nitrogens is 4. The highest BCUT2D eigenvalue weighted by molar-refractivity contribution is 6.09.